The van der Waals surface area contributed by atoms with E-state index in [1.165, 1.54) is 5.69 Å². The minimum absolute atomic E-state index is 0.131. The second-order valence-electron chi connectivity index (χ2n) is 5.02. The zero-order valence-corrected chi connectivity index (χ0v) is 12.1. The van der Waals surface area contributed by atoms with Crippen LogP contribution in [-0.2, 0) is 0 Å². The van der Waals surface area contributed by atoms with Crippen LogP contribution in [0.4, 0.5) is 16.2 Å². The molecule has 1 heterocycles. The molecule has 0 bridgehead atoms. The smallest absolute Gasteiger partial charge is 0.319 e. The third-order valence-electron chi connectivity index (χ3n) is 3.42. The number of nitrogens with one attached hydrogen (secondary N) is 3. The van der Waals surface area contributed by atoms with Gasteiger partial charge in [0.15, 0.2) is 0 Å². The topological polar surface area (TPSA) is 56.4 Å². The number of urea groups is 1. The molecule has 0 aromatic heterocycles. The van der Waals surface area contributed by atoms with Crippen LogP contribution < -0.4 is 20.9 Å². The largest absolute Gasteiger partial charge is 0.369 e. The van der Waals surface area contributed by atoms with Crippen LogP contribution in [0.15, 0.2) is 24.3 Å². The van der Waals surface area contributed by atoms with Crippen molar-refractivity contribution in [1.29, 1.82) is 0 Å². The van der Waals surface area contributed by atoms with Gasteiger partial charge in [0, 0.05) is 44.1 Å². The number of amides is 2. The van der Waals surface area contributed by atoms with Crippen LogP contribution in [0.25, 0.3) is 0 Å². The van der Waals surface area contributed by atoms with Gasteiger partial charge in [-0.25, -0.2) is 4.79 Å². The molecule has 1 aromatic carbocycles. The minimum Gasteiger partial charge on any atom is -0.369 e. The first-order chi connectivity index (χ1) is 9.79. The van der Waals surface area contributed by atoms with Crippen LogP contribution in [-0.4, -0.2) is 38.8 Å². The Balaban J connectivity index is 1.83. The van der Waals surface area contributed by atoms with Gasteiger partial charge in [-0.3, -0.25) is 0 Å². The standard InChI is InChI=1S/C15H24N4O/c1-2-3-8-17-15(20)18-13-4-6-14(7-5-13)19-11-9-16-10-12-19/h4-7,16H,2-3,8-12H2,1H3,(H2,17,18,20). The molecule has 0 unspecified atom stereocenters. The van der Waals surface area contributed by atoms with Gasteiger partial charge in [-0.2, -0.15) is 0 Å². The molecule has 0 spiro atoms. The summed E-state index contributed by atoms with van der Waals surface area (Å²) in [6.45, 7) is 6.95. The van der Waals surface area contributed by atoms with E-state index in [0.717, 1.165) is 51.3 Å². The lowest BCUT2D eigenvalue weighted by molar-refractivity contribution is 0.252. The van der Waals surface area contributed by atoms with E-state index in [1.54, 1.807) is 0 Å². The zero-order valence-electron chi connectivity index (χ0n) is 12.1. The molecule has 0 atom stereocenters. The Morgan fingerprint density at radius 2 is 1.95 bits per heavy atom. The van der Waals surface area contributed by atoms with Crippen molar-refractivity contribution in [2.75, 3.05) is 42.9 Å². The first-order valence-electron chi connectivity index (χ1n) is 7.40. The summed E-state index contributed by atoms with van der Waals surface area (Å²) in [7, 11) is 0. The molecule has 0 aliphatic carbocycles. The predicted octanol–water partition coefficient (Wildman–Crippen LogP) is 2.02. The molecule has 0 saturated carbocycles. The third kappa shape index (κ3) is 4.42. The summed E-state index contributed by atoms with van der Waals surface area (Å²) in [6, 6.07) is 7.90. The van der Waals surface area contributed by atoms with Gasteiger partial charge in [0.25, 0.3) is 0 Å². The lowest BCUT2D eigenvalue weighted by Crippen LogP contribution is -2.43. The van der Waals surface area contributed by atoms with Crippen LogP contribution in [0.5, 0.6) is 0 Å². The Hall–Kier alpha value is -1.75. The van der Waals surface area contributed by atoms with E-state index in [4.69, 9.17) is 0 Å². The average Bonchev–Trinajstić information content (AvgIpc) is 2.49. The monoisotopic (exact) mass is 276 g/mol. The maximum atomic E-state index is 11.6. The van der Waals surface area contributed by atoms with Crippen LogP contribution in [0.3, 0.4) is 0 Å². The van der Waals surface area contributed by atoms with Gasteiger partial charge in [-0.15, -0.1) is 0 Å². The van der Waals surface area contributed by atoms with Crippen molar-refractivity contribution in [2.24, 2.45) is 0 Å². The normalized spacial score (nSPS) is 14.9. The number of anilines is 2. The van der Waals surface area contributed by atoms with Crippen LogP contribution >= 0.6 is 0 Å². The number of benzene rings is 1. The fourth-order valence-electron chi connectivity index (χ4n) is 2.23. The fraction of sp³-hybridized carbons (Fsp3) is 0.533. The molecule has 1 aliphatic heterocycles. The molecule has 2 rings (SSSR count). The molecule has 2 amide bonds. The Labute approximate surface area is 120 Å². The van der Waals surface area contributed by atoms with Crippen molar-refractivity contribution in [3.63, 3.8) is 0 Å². The predicted molar refractivity (Wildman–Crippen MR) is 83.5 cm³/mol. The van der Waals surface area contributed by atoms with E-state index in [2.05, 4.69) is 39.9 Å². The molecule has 5 heteroatoms. The van der Waals surface area contributed by atoms with Crippen molar-refractivity contribution in [3.05, 3.63) is 24.3 Å². The average molecular weight is 276 g/mol. The first kappa shape index (κ1) is 14.7. The zero-order chi connectivity index (χ0) is 14.2. The quantitative estimate of drug-likeness (QED) is 0.721. The molecule has 3 N–H and O–H groups in total. The highest BCUT2D eigenvalue weighted by Gasteiger charge is 2.10. The van der Waals surface area contributed by atoms with Gasteiger partial charge < -0.3 is 20.9 Å². The molecule has 0 radical (unpaired) electrons. The highest BCUT2D eigenvalue weighted by molar-refractivity contribution is 5.89. The van der Waals surface area contributed by atoms with Gasteiger partial charge in [-0.1, -0.05) is 13.3 Å². The Bertz CT molecular complexity index is 412. The van der Waals surface area contributed by atoms with Gasteiger partial charge in [0.1, 0.15) is 0 Å². The van der Waals surface area contributed by atoms with Gasteiger partial charge in [0.05, 0.1) is 0 Å². The summed E-state index contributed by atoms with van der Waals surface area (Å²) >= 11 is 0. The maximum absolute atomic E-state index is 11.6. The van der Waals surface area contributed by atoms with Crippen LogP contribution in [0.2, 0.25) is 0 Å². The molecule has 1 fully saturated rings. The number of piperazine rings is 1. The van der Waals surface area contributed by atoms with Crippen molar-refractivity contribution < 1.29 is 4.79 Å². The number of carbonyl (C=O) groups is 1. The Kier molecular flexibility index (Phi) is 5.68. The van der Waals surface area contributed by atoms with Crippen LogP contribution in [0.1, 0.15) is 19.8 Å². The summed E-state index contributed by atoms with van der Waals surface area (Å²) in [5.41, 5.74) is 2.04. The third-order valence-corrected chi connectivity index (χ3v) is 3.42. The van der Waals surface area contributed by atoms with E-state index in [9.17, 15) is 4.79 Å². The lowest BCUT2D eigenvalue weighted by Gasteiger charge is -2.29. The number of carbonyl (C=O) groups excluding carboxylic acids is 1. The summed E-state index contributed by atoms with van der Waals surface area (Å²) in [5, 5.41) is 9.03. The number of unbranched alkanes of at least 4 members (excludes halogenated alkanes) is 1. The van der Waals surface area contributed by atoms with E-state index in [-0.39, 0.29) is 6.03 Å². The van der Waals surface area contributed by atoms with Crippen molar-refractivity contribution >= 4 is 17.4 Å². The molecule has 1 aliphatic rings. The van der Waals surface area contributed by atoms with Gasteiger partial charge >= 0.3 is 6.03 Å². The molecule has 1 saturated heterocycles. The van der Waals surface area contributed by atoms with Crippen molar-refractivity contribution in [3.8, 4) is 0 Å². The van der Waals surface area contributed by atoms with Gasteiger partial charge in [-0.05, 0) is 30.7 Å². The van der Waals surface area contributed by atoms with E-state index >= 15 is 0 Å². The molecule has 1 aromatic rings. The fourth-order valence-corrected chi connectivity index (χ4v) is 2.23. The highest BCUT2D eigenvalue weighted by atomic mass is 16.2. The molecule has 110 valence electrons. The van der Waals surface area contributed by atoms with Crippen molar-refractivity contribution in [2.45, 2.75) is 19.8 Å². The van der Waals surface area contributed by atoms with Gasteiger partial charge in [0.2, 0.25) is 0 Å². The number of rotatable bonds is 5. The lowest BCUT2D eigenvalue weighted by atomic mass is 10.2. The van der Waals surface area contributed by atoms with Crippen molar-refractivity contribution in [1.82, 2.24) is 10.6 Å². The summed E-state index contributed by atoms with van der Waals surface area (Å²) in [4.78, 5) is 14.0. The number of hydrogen-bond acceptors (Lipinski definition) is 3. The highest BCUT2D eigenvalue weighted by Crippen LogP contribution is 2.18. The second kappa shape index (κ2) is 7.75. The van der Waals surface area contributed by atoms with E-state index in [1.807, 2.05) is 12.1 Å². The SMILES string of the molecule is CCCCNC(=O)Nc1ccc(N2CCNCC2)cc1. The molecular formula is C15H24N4O. The molecule has 20 heavy (non-hydrogen) atoms. The van der Waals surface area contributed by atoms with E-state index < -0.39 is 0 Å². The number of nitrogens with zero attached hydrogens (tertiary/aromatic N) is 1. The summed E-state index contributed by atoms with van der Waals surface area (Å²) in [5.74, 6) is 0. The summed E-state index contributed by atoms with van der Waals surface area (Å²) in [6.07, 6.45) is 2.09. The summed E-state index contributed by atoms with van der Waals surface area (Å²) < 4.78 is 0. The second-order valence-corrected chi connectivity index (χ2v) is 5.02. The molecular weight excluding hydrogens is 252 g/mol. The minimum atomic E-state index is -0.131. The number of hydrogen-bond donors (Lipinski definition) is 3. The van der Waals surface area contributed by atoms with Crippen LogP contribution in [0, 0.1) is 0 Å². The van der Waals surface area contributed by atoms with E-state index in [0.29, 0.717) is 0 Å². The Morgan fingerprint density at radius 1 is 1.25 bits per heavy atom. The Morgan fingerprint density at radius 3 is 2.60 bits per heavy atom. The molecule has 5 nitrogen and oxygen atoms in total. The maximum Gasteiger partial charge on any atom is 0.319 e. The first-order valence-corrected chi connectivity index (χ1v) is 7.40.